The van der Waals surface area contributed by atoms with Crippen LogP contribution in [0.25, 0.3) is 10.8 Å². The Morgan fingerprint density at radius 1 is 1.27 bits per heavy atom. The van der Waals surface area contributed by atoms with Gasteiger partial charge in [0, 0.05) is 12.0 Å². The minimum atomic E-state index is 0.844. The first kappa shape index (κ1) is 8.78. The summed E-state index contributed by atoms with van der Waals surface area (Å²) in [6.45, 7) is 3.03. The standard InChI is InChI=1S/C14H14O/c1-2-10-9-11-5-3-4-6-12(11)13-7-8-15-14(10)13/h3-6,9H,2,7-8H2,1H3. The zero-order valence-corrected chi connectivity index (χ0v) is 8.92. The van der Waals surface area contributed by atoms with Gasteiger partial charge in [-0.2, -0.15) is 0 Å². The lowest BCUT2D eigenvalue weighted by atomic mass is 9.98. The van der Waals surface area contributed by atoms with Crippen LogP contribution in [0.3, 0.4) is 0 Å². The van der Waals surface area contributed by atoms with Crippen LogP contribution in [0, 0.1) is 0 Å². The number of rotatable bonds is 1. The van der Waals surface area contributed by atoms with Crippen molar-refractivity contribution < 1.29 is 4.74 Å². The molecule has 0 amide bonds. The Morgan fingerprint density at radius 2 is 2.13 bits per heavy atom. The van der Waals surface area contributed by atoms with Crippen LogP contribution in [0.1, 0.15) is 18.1 Å². The van der Waals surface area contributed by atoms with Crippen molar-refractivity contribution >= 4 is 10.8 Å². The average molecular weight is 198 g/mol. The third-order valence-corrected chi connectivity index (χ3v) is 3.16. The van der Waals surface area contributed by atoms with Crippen LogP contribution in [-0.2, 0) is 12.8 Å². The second kappa shape index (κ2) is 3.27. The molecule has 3 rings (SSSR count). The first-order valence-corrected chi connectivity index (χ1v) is 5.56. The molecule has 0 spiro atoms. The van der Waals surface area contributed by atoms with Gasteiger partial charge < -0.3 is 4.74 Å². The largest absolute Gasteiger partial charge is 0.493 e. The molecule has 0 aliphatic carbocycles. The maximum atomic E-state index is 5.73. The molecule has 0 radical (unpaired) electrons. The van der Waals surface area contributed by atoms with Gasteiger partial charge in [-0.25, -0.2) is 0 Å². The molecule has 1 heterocycles. The Balaban J connectivity index is 2.40. The van der Waals surface area contributed by atoms with Crippen molar-refractivity contribution in [1.82, 2.24) is 0 Å². The summed E-state index contributed by atoms with van der Waals surface area (Å²) in [5.74, 6) is 1.15. The molecule has 15 heavy (non-hydrogen) atoms. The van der Waals surface area contributed by atoms with E-state index in [1.807, 2.05) is 0 Å². The third-order valence-electron chi connectivity index (χ3n) is 3.16. The number of fused-ring (bicyclic) bond motifs is 3. The summed E-state index contributed by atoms with van der Waals surface area (Å²) in [6.07, 6.45) is 2.11. The fraction of sp³-hybridized carbons (Fsp3) is 0.286. The molecule has 1 nitrogen and oxygen atoms in total. The van der Waals surface area contributed by atoms with Gasteiger partial charge in [-0.05, 0) is 28.8 Å². The Bertz CT molecular complexity index is 514. The van der Waals surface area contributed by atoms with E-state index >= 15 is 0 Å². The summed E-state index contributed by atoms with van der Waals surface area (Å²) >= 11 is 0. The van der Waals surface area contributed by atoms with Gasteiger partial charge in [0.2, 0.25) is 0 Å². The molecule has 0 saturated carbocycles. The van der Waals surface area contributed by atoms with Gasteiger partial charge in [0.05, 0.1) is 6.61 Å². The minimum absolute atomic E-state index is 0.844. The Labute approximate surface area is 89.7 Å². The lowest BCUT2D eigenvalue weighted by Crippen LogP contribution is -1.90. The van der Waals surface area contributed by atoms with E-state index < -0.39 is 0 Å². The Morgan fingerprint density at radius 3 is 3.00 bits per heavy atom. The summed E-state index contributed by atoms with van der Waals surface area (Å²) in [5.41, 5.74) is 2.76. The second-order valence-electron chi connectivity index (χ2n) is 4.02. The maximum absolute atomic E-state index is 5.73. The highest BCUT2D eigenvalue weighted by atomic mass is 16.5. The van der Waals surface area contributed by atoms with Crippen molar-refractivity contribution in [3.63, 3.8) is 0 Å². The molecule has 2 aromatic carbocycles. The van der Waals surface area contributed by atoms with Crippen LogP contribution in [0.15, 0.2) is 30.3 Å². The summed E-state index contributed by atoms with van der Waals surface area (Å²) in [6, 6.07) is 10.9. The Kier molecular flexibility index (Phi) is 1.91. The topological polar surface area (TPSA) is 9.23 Å². The molecule has 0 aromatic heterocycles. The molecule has 76 valence electrons. The van der Waals surface area contributed by atoms with Gasteiger partial charge in [0.15, 0.2) is 0 Å². The van der Waals surface area contributed by atoms with Crippen LogP contribution in [0.4, 0.5) is 0 Å². The first-order valence-electron chi connectivity index (χ1n) is 5.56. The summed E-state index contributed by atoms with van der Waals surface area (Å²) < 4.78 is 5.73. The predicted octanol–water partition coefficient (Wildman–Crippen LogP) is 3.34. The summed E-state index contributed by atoms with van der Waals surface area (Å²) in [5, 5.41) is 2.71. The number of hydrogen-bond donors (Lipinski definition) is 0. The van der Waals surface area contributed by atoms with Gasteiger partial charge in [0.1, 0.15) is 5.75 Å². The minimum Gasteiger partial charge on any atom is -0.493 e. The van der Waals surface area contributed by atoms with E-state index in [-0.39, 0.29) is 0 Å². The molecule has 2 aromatic rings. The van der Waals surface area contributed by atoms with Crippen LogP contribution < -0.4 is 4.74 Å². The van der Waals surface area contributed by atoms with Gasteiger partial charge in [0.25, 0.3) is 0 Å². The SMILES string of the molecule is CCc1cc2ccccc2c2c1OCC2. The van der Waals surface area contributed by atoms with Gasteiger partial charge >= 0.3 is 0 Å². The average Bonchev–Trinajstić information content (AvgIpc) is 2.77. The summed E-state index contributed by atoms with van der Waals surface area (Å²) in [7, 11) is 0. The van der Waals surface area contributed by atoms with Crippen LogP contribution in [0.5, 0.6) is 5.75 Å². The lowest BCUT2D eigenvalue weighted by molar-refractivity contribution is 0.354. The van der Waals surface area contributed by atoms with Crippen LogP contribution in [0.2, 0.25) is 0 Å². The number of hydrogen-bond acceptors (Lipinski definition) is 1. The van der Waals surface area contributed by atoms with Crippen molar-refractivity contribution in [2.24, 2.45) is 0 Å². The molecule has 0 saturated heterocycles. The smallest absolute Gasteiger partial charge is 0.126 e. The molecule has 1 heteroatoms. The van der Waals surface area contributed by atoms with E-state index in [2.05, 4.69) is 37.3 Å². The number of benzene rings is 2. The quantitative estimate of drug-likeness (QED) is 0.683. The molecule has 0 atom stereocenters. The van der Waals surface area contributed by atoms with Crippen molar-refractivity contribution in [1.29, 1.82) is 0 Å². The molecule has 0 N–H and O–H groups in total. The molecule has 0 fully saturated rings. The van der Waals surface area contributed by atoms with Crippen molar-refractivity contribution in [3.8, 4) is 5.75 Å². The Hall–Kier alpha value is -1.50. The highest BCUT2D eigenvalue weighted by Crippen LogP contribution is 2.36. The van der Waals surface area contributed by atoms with E-state index in [0.717, 1.165) is 25.2 Å². The van der Waals surface area contributed by atoms with Gasteiger partial charge in [-0.3, -0.25) is 0 Å². The number of aryl methyl sites for hydroxylation is 1. The third kappa shape index (κ3) is 1.23. The predicted molar refractivity (Wildman–Crippen MR) is 62.5 cm³/mol. The van der Waals surface area contributed by atoms with E-state index in [1.165, 1.54) is 21.9 Å². The second-order valence-corrected chi connectivity index (χ2v) is 4.02. The molecule has 0 bridgehead atoms. The van der Waals surface area contributed by atoms with Crippen molar-refractivity contribution in [2.75, 3.05) is 6.61 Å². The van der Waals surface area contributed by atoms with Gasteiger partial charge in [-0.1, -0.05) is 31.2 Å². The van der Waals surface area contributed by atoms with Crippen molar-refractivity contribution in [3.05, 3.63) is 41.5 Å². The van der Waals surface area contributed by atoms with Crippen LogP contribution in [-0.4, -0.2) is 6.61 Å². The van der Waals surface area contributed by atoms with Crippen LogP contribution >= 0.6 is 0 Å². The molecular formula is C14H14O. The maximum Gasteiger partial charge on any atom is 0.126 e. The monoisotopic (exact) mass is 198 g/mol. The normalized spacial score (nSPS) is 13.9. The van der Waals surface area contributed by atoms with E-state index in [4.69, 9.17) is 4.74 Å². The molecular weight excluding hydrogens is 184 g/mol. The molecule has 1 aliphatic heterocycles. The molecule has 0 unspecified atom stereocenters. The van der Waals surface area contributed by atoms with E-state index in [1.54, 1.807) is 0 Å². The highest BCUT2D eigenvalue weighted by molar-refractivity contribution is 5.89. The lowest BCUT2D eigenvalue weighted by Gasteiger charge is -2.09. The molecule has 1 aliphatic rings. The van der Waals surface area contributed by atoms with E-state index in [0.29, 0.717) is 0 Å². The zero-order valence-electron chi connectivity index (χ0n) is 8.92. The van der Waals surface area contributed by atoms with Gasteiger partial charge in [-0.15, -0.1) is 0 Å². The zero-order chi connectivity index (χ0) is 10.3. The fourth-order valence-corrected chi connectivity index (χ4v) is 2.41. The number of ether oxygens (including phenoxy) is 1. The fourth-order valence-electron chi connectivity index (χ4n) is 2.41. The summed E-state index contributed by atoms with van der Waals surface area (Å²) in [4.78, 5) is 0. The highest BCUT2D eigenvalue weighted by Gasteiger charge is 2.18. The van der Waals surface area contributed by atoms with Crippen molar-refractivity contribution in [2.45, 2.75) is 19.8 Å². The first-order chi connectivity index (χ1) is 7.40. The van der Waals surface area contributed by atoms with E-state index in [9.17, 15) is 0 Å².